The summed E-state index contributed by atoms with van der Waals surface area (Å²) in [6.45, 7) is 7.20. The highest BCUT2D eigenvalue weighted by atomic mass is 127. The van der Waals surface area contributed by atoms with Crippen LogP contribution in [0.3, 0.4) is 0 Å². The summed E-state index contributed by atoms with van der Waals surface area (Å²) >= 11 is 21.1. The van der Waals surface area contributed by atoms with Gasteiger partial charge in [-0.05, 0) is 58.0 Å². The molecule has 37 heavy (non-hydrogen) atoms. The second-order valence-corrected chi connectivity index (χ2v) is 10.4. The Hall–Kier alpha value is -2.90. The van der Waals surface area contributed by atoms with Gasteiger partial charge in [-0.2, -0.15) is 0 Å². The second-order valence-electron chi connectivity index (χ2n) is 7.95. The first kappa shape index (κ1) is 27.1. The van der Waals surface area contributed by atoms with Crippen molar-refractivity contribution in [1.82, 2.24) is 10.3 Å². The fourth-order valence-electron chi connectivity index (χ4n) is 3.96. The minimum Gasteiger partial charge on any atom is -0.467 e. The van der Waals surface area contributed by atoms with Gasteiger partial charge in [0.15, 0.2) is 5.69 Å². The molecule has 0 fully saturated rings. The summed E-state index contributed by atoms with van der Waals surface area (Å²) in [5.41, 5.74) is 3.44. The van der Waals surface area contributed by atoms with Crippen molar-refractivity contribution in [3.8, 4) is 11.1 Å². The summed E-state index contributed by atoms with van der Waals surface area (Å²) in [6.07, 6.45) is 1.79. The monoisotopic (exact) mass is 663 g/mol. The van der Waals surface area contributed by atoms with Crippen LogP contribution in [0.5, 0.6) is 0 Å². The van der Waals surface area contributed by atoms with Gasteiger partial charge in [0.05, 0.1) is 34.8 Å². The smallest absolute Gasteiger partial charge is 0.328 e. The standard InChI is InChI=1S/C27H17Cl3IN3O3/c1-32-16-6-8-18(20(28)13-16)19-7-5-14(17-4-3-9-33-25(17)19)10-23(27(36)37-2)34-26(35)24-21(29)11-15(31)12-22(24)30/h3-9,11-13,23H,10H2,2H3,(H,34,35)/t23-/m0/s1. The van der Waals surface area contributed by atoms with E-state index < -0.39 is 17.9 Å². The minimum absolute atomic E-state index is 0.0806. The zero-order valence-corrected chi connectivity index (χ0v) is 23.6. The van der Waals surface area contributed by atoms with Crippen LogP contribution in [-0.4, -0.2) is 30.0 Å². The number of nitrogens with zero attached hydrogens (tertiary/aromatic N) is 2. The van der Waals surface area contributed by atoms with E-state index in [1.54, 1.807) is 42.6 Å². The highest BCUT2D eigenvalue weighted by molar-refractivity contribution is 14.1. The van der Waals surface area contributed by atoms with Gasteiger partial charge in [-0.25, -0.2) is 9.64 Å². The number of fused-ring (bicyclic) bond motifs is 1. The van der Waals surface area contributed by atoms with Gasteiger partial charge in [0.25, 0.3) is 5.91 Å². The van der Waals surface area contributed by atoms with Crippen LogP contribution in [0, 0.1) is 10.1 Å². The minimum atomic E-state index is -1.01. The summed E-state index contributed by atoms with van der Waals surface area (Å²) in [5.74, 6) is -1.21. The van der Waals surface area contributed by atoms with E-state index in [-0.39, 0.29) is 22.0 Å². The van der Waals surface area contributed by atoms with Crippen LogP contribution in [0.2, 0.25) is 15.1 Å². The molecule has 4 aromatic rings. The molecule has 0 bridgehead atoms. The lowest BCUT2D eigenvalue weighted by atomic mass is 9.95. The van der Waals surface area contributed by atoms with Crippen LogP contribution < -0.4 is 5.32 Å². The van der Waals surface area contributed by atoms with Gasteiger partial charge in [0, 0.05) is 32.2 Å². The topological polar surface area (TPSA) is 72.7 Å². The normalized spacial score (nSPS) is 11.6. The average Bonchev–Trinajstić information content (AvgIpc) is 2.87. The Morgan fingerprint density at radius 1 is 1.05 bits per heavy atom. The van der Waals surface area contributed by atoms with Crippen LogP contribution >= 0.6 is 57.4 Å². The maximum atomic E-state index is 13.1. The van der Waals surface area contributed by atoms with Gasteiger partial charge in [-0.3, -0.25) is 9.78 Å². The third-order valence-electron chi connectivity index (χ3n) is 5.68. The van der Waals surface area contributed by atoms with E-state index in [0.717, 1.165) is 25.6 Å². The molecule has 0 aliphatic carbocycles. The summed E-state index contributed by atoms with van der Waals surface area (Å²) in [6, 6.07) is 14.7. The Bertz CT molecular complexity index is 1560. The van der Waals surface area contributed by atoms with E-state index in [2.05, 4.69) is 15.1 Å². The summed E-state index contributed by atoms with van der Waals surface area (Å²) < 4.78 is 5.74. The summed E-state index contributed by atoms with van der Waals surface area (Å²) in [4.78, 5) is 33.7. The van der Waals surface area contributed by atoms with E-state index in [4.69, 9.17) is 46.1 Å². The predicted octanol–water partition coefficient (Wildman–Crippen LogP) is 7.53. The molecule has 1 amide bonds. The van der Waals surface area contributed by atoms with Crippen LogP contribution in [0.1, 0.15) is 15.9 Å². The zero-order valence-electron chi connectivity index (χ0n) is 19.2. The number of rotatable bonds is 6. The van der Waals surface area contributed by atoms with E-state index in [9.17, 15) is 9.59 Å². The summed E-state index contributed by atoms with van der Waals surface area (Å²) in [5, 5.41) is 4.28. The van der Waals surface area contributed by atoms with Crippen molar-refractivity contribution < 1.29 is 14.3 Å². The molecule has 1 aromatic heterocycles. The van der Waals surface area contributed by atoms with Gasteiger partial charge in [0.2, 0.25) is 0 Å². The molecule has 186 valence electrons. The number of ether oxygens (including phenoxy) is 1. The number of carbonyl (C=O) groups excluding carboxylic acids is 2. The fourth-order valence-corrected chi connectivity index (χ4v) is 5.89. The lowest BCUT2D eigenvalue weighted by Gasteiger charge is -2.19. The number of methoxy groups -OCH3 is 1. The highest BCUT2D eigenvalue weighted by Gasteiger charge is 2.26. The Balaban J connectivity index is 1.72. The Morgan fingerprint density at radius 3 is 2.41 bits per heavy atom. The van der Waals surface area contributed by atoms with Crippen molar-refractivity contribution in [2.75, 3.05) is 7.11 Å². The second kappa shape index (κ2) is 11.7. The molecule has 1 atom stereocenters. The Kier molecular flexibility index (Phi) is 8.55. The van der Waals surface area contributed by atoms with Crippen LogP contribution in [0.25, 0.3) is 26.9 Å². The average molecular weight is 665 g/mol. The number of nitrogens with one attached hydrogen (secondary N) is 1. The molecule has 1 heterocycles. The first-order valence-corrected chi connectivity index (χ1v) is 13.0. The van der Waals surface area contributed by atoms with Crippen molar-refractivity contribution >= 4 is 85.9 Å². The SMILES string of the molecule is [C-]#[N+]c1ccc(-c2ccc(C[C@H](NC(=O)c3c(Cl)cc(I)cc3Cl)C(=O)OC)c3cccnc23)c(Cl)c1. The van der Waals surface area contributed by atoms with E-state index in [1.807, 2.05) is 40.8 Å². The quantitative estimate of drug-likeness (QED) is 0.131. The summed E-state index contributed by atoms with van der Waals surface area (Å²) in [7, 11) is 1.25. The molecule has 0 unspecified atom stereocenters. The number of hydrogen-bond donors (Lipinski definition) is 1. The van der Waals surface area contributed by atoms with Crippen molar-refractivity contribution in [3.63, 3.8) is 0 Å². The number of amides is 1. The molecule has 10 heteroatoms. The van der Waals surface area contributed by atoms with Crippen LogP contribution in [-0.2, 0) is 16.0 Å². The molecule has 6 nitrogen and oxygen atoms in total. The Morgan fingerprint density at radius 2 is 1.76 bits per heavy atom. The van der Waals surface area contributed by atoms with Crippen molar-refractivity contribution in [2.45, 2.75) is 12.5 Å². The number of pyridine rings is 1. The molecule has 0 radical (unpaired) electrons. The molecule has 3 aromatic carbocycles. The fraction of sp³-hybridized carbons (Fsp3) is 0.111. The molecular weight excluding hydrogens is 648 g/mol. The number of benzene rings is 3. The van der Waals surface area contributed by atoms with E-state index in [0.29, 0.717) is 16.2 Å². The number of carbonyl (C=O) groups is 2. The lowest BCUT2D eigenvalue weighted by molar-refractivity contribution is -0.142. The Labute approximate surface area is 241 Å². The van der Waals surface area contributed by atoms with Crippen LogP contribution in [0.4, 0.5) is 5.69 Å². The predicted molar refractivity (Wildman–Crippen MR) is 155 cm³/mol. The number of halogens is 4. The largest absolute Gasteiger partial charge is 0.467 e. The molecular formula is C27H17Cl3IN3O3. The molecule has 1 N–H and O–H groups in total. The maximum Gasteiger partial charge on any atom is 0.328 e. The van der Waals surface area contributed by atoms with Crippen molar-refractivity contribution in [2.24, 2.45) is 0 Å². The number of esters is 1. The van der Waals surface area contributed by atoms with Gasteiger partial charge in [-0.15, -0.1) is 0 Å². The highest BCUT2D eigenvalue weighted by Crippen LogP contribution is 2.36. The number of aromatic nitrogens is 1. The molecule has 0 aliphatic heterocycles. The molecule has 0 aliphatic rings. The number of hydrogen-bond acceptors (Lipinski definition) is 4. The third-order valence-corrected chi connectivity index (χ3v) is 7.21. The van der Waals surface area contributed by atoms with E-state index >= 15 is 0 Å². The third kappa shape index (κ3) is 5.83. The van der Waals surface area contributed by atoms with Crippen molar-refractivity contribution in [3.05, 3.63) is 102 Å². The van der Waals surface area contributed by atoms with Gasteiger partial charge in [-0.1, -0.05) is 65.1 Å². The van der Waals surface area contributed by atoms with Gasteiger partial charge in [0.1, 0.15) is 6.04 Å². The first-order valence-electron chi connectivity index (χ1n) is 10.8. The zero-order chi connectivity index (χ0) is 26.7. The maximum absolute atomic E-state index is 13.1. The van der Waals surface area contributed by atoms with Crippen molar-refractivity contribution in [1.29, 1.82) is 0 Å². The van der Waals surface area contributed by atoms with E-state index in [1.165, 1.54) is 7.11 Å². The molecule has 0 saturated carbocycles. The first-order chi connectivity index (χ1) is 17.7. The molecule has 0 spiro atoms. The van der Waals surface area contributed by atoms with Crippen LogP contribution in [0.15, 0.2) is 60.8 Å². The van der Waals surface area contributed by atoms with Gasteiger partial charge >= 0.3 is 5.97 Å². The lowest BCUT2D eigenvalue weighted by Crippen LogP contribution is -2.43. The molecule has 0 saturated heterocycles. The molecule has 4 rings (SSSR count). The van der Waals surface area contributed by atoms with Gasteiger partial charge < -0.3 is 10.1 Å².